The number of aromatic carboxylic acids is 1. The number of aromatic nitrogens is 2. The van der Waals surface area contributed by atoms with Crippen LogP contribution in [-0.4, -0.2) is 45.5 Å². The van der Waals surface area contributed by atoms with Gasteiger partial charge >= 0.3 is 12.1 Å². The summed E-state index contributed by atoms with van der Waals surface area (Å²) in [4.78, 5) is 35.9. The summed E-state index contributed by atoms with van der Waals surface area (Å²) in [5, 5.41) is 18.1. The third-order valence-electron chi connectivity index (χ3n) is 5.50. The number of hydrogen-bond acceptors (Lipinski definition) is 5. The smallest absolute Gasteiger partial charge is 0.407 e. The Labute approximate surface area is 190 Å². The number of anilines is 1. The fourth-order valence-electron chi connectivity index (χ4n) is 4.11. The molecule has 3 aromatic rings. The third-order valence-corrected chi connectivity index (χ3v) is 5.50. The first-order chi connectivity index (χ1) is 15.8. The number of hydrogen-bond donors (Lipinski definition) is 3. The number of nitrogens with zero attached hydrogens (tertiary/aromatic N) is 2. The Hall–Kier alpha value is -4.14. The number of benzene rings is 2. The summed E-state index contributed by atoms with van der Waals surface area (Å²) in [5.74, 6) is -1.74. The minimum atomic E-state index is -1.24. The van der Waals surface area contributed by atoms with Gasteiger partial charge in [-0.2, -0.15) is 5.10 Å². The highest BCUT2D eigenvalue weighted by Gasteiger charge is 2.29. The van der Waals surface area contributed by atoms with Gasteiger partial charge < -0.3 is 20.5 Å². The van der Waals surface area contributed by atoms with Crippen LogP contribution in [0.2, 0.25) is 0 Å². The minimum absolute atomic E-state index is 0.0539. The number of fused-ring (bicyclic) bond motifs is 3. The number of carbonyl (C=O) groups excluding carboxylic acids is 2. The van der Waals surface area contributed by atoms with E-state index in [0.29, 0.717) is 0 Å². The fraction of sp³-hybridized carbons (Fsp3) is 0.250. The van der Waals surface area contributed by atoms with Crippen molar-refractivity contribution in [2.45, 2.75) is 25.3 Å². The second kappa shape index (κ2) is 9.15. The number of aryl methyl sites for hydroxylation is 1. The van der Waals surface area contributed by atoms with Gasteiger partial charge in [0.25, 0.3) is 0 Å². The van der Waals surface area contributed by atoms with Gasteiger partial charge in [0.15, 0.2) is 5.69 Å². The molecule has 0 fully saturated rings. The van der Waals surface area contributed by atoms with Crippen LogP contribution < -0.4 is 10.6 Å². The van der Waals surface area contributed by atoms with Crippen LogP contribution in [0.4, 0.5) is 10.5 Å². The Morgan fingerprint density at radius 2 is 1.70 bits per heavy atom. The summed E-state index contributed by atoms with van der Waals surface area (Å²) in [6.45, 7) is 1.85. The van der Waals surface area contributed by atoms with Crippen LogP contribution in [0, 0.1) is 0 Å². The van der Waals surface area contributed by atoms with Crippen LogP contribution in [0.1, 0.15) is 40.9 Å². The maximum absolute atomic E-state index is 12.4. The van der Waals surface area contributed by atoms with E-state index >= 15 is 0 Å². The molecule has 1 aliphatic carbocycles. The summed E-state index contributed by atoms with van der Waals surface area (Å²) in [5.41, 5.74) is 4.37. The van der Waals surface area contributed by atoms with Gasteiger partial charge in [0.2, 0.25) is 5.91 Å². The van der Waals surface area contributed by atoms with E-state index in [0.717, 1.165) is 22.3 Å². The molecule has 3 N–H and O–H groups in total. The van der Waals surface area contributed by atoms with Crippen molar-refractivity contribution >= 4 is 23.7 Å². The molecule has 1 aromatic heterocycles. The van der Waals surface area contributed by atoms with Crippen LogP contribution in [-0.2, 0) is 16.6 Å². The number of ether oxygens (including phenoxy) is 1. The molecule has 4 rings (SSSR count). The Morgan fingerprint density at radius 3 is 2.30 bits per heavy atom. The van der Waals surface area contributed by atoms with Gasteiger partial charge in [-0.3, -0.25) is 9.48 Å². The molecule has 1 atom stereocenters. The van der Waals surface area contributed by atoms with Gasteiger partial charge in [0.1, 0.15) is 6.61 Å². The molecular formula is C24H24N4O5. The fourth-order valence-corrected chi connectivity index (χ4v) is 4.11. The van der Waals surface area contributed by atoms with E-state index in [4.69, 9.17) is 9.84 Å². The standard InChI is InChI=1S/C24H24N4O5/c1-14(11-21(29)26-20-12-28(2)27-22(20)23(30)31)25-24(32)33-13-19-17-9-5-3-7-15(17)16-8-4-6-10-18(16)19/h3-10,12,14,19H,11,13H2,1-2H3,(H,25,32)(H,26,29)(H,30,31)/t14-/m0/s1. The molecular weight excluding hydrogens is 424 g/mol. The third kappa shape index (κ3) is 4.72. The van der Waals surface area contributed by atoms with Gasteiger partial charge in [-0.1, -0.05) is 48.5 Å². The molecule has 2 aromatic carbocycles. The molecule has 0 bridgehead atoms. The first kappa shape index (κ1) is 22.1. The SMILES string of the molecule is C[C@@H](CC(=O)Nc1cn(C)nc1C(=O)O)NC(=O)OCC1c2ccccc2-c2ccccc21. The molecule has 1 aliphatic rings. The summed E-state index contributed by atoms with van der Waals surface area (Å²) >= 11 is 0. The van der Waals surface area contributed by atoms with Crippen molar-refractivity contribution in [3.63, 3.8) is 0 Å². The van der Waals surface area contributed by atoms with Crippen molar-refractivity contribution < 1.29 is 24.2 Å². The zero-order valence-electron chi connectivity index (χ0n) is 18.2. The number of amides is 2. The van der Waals surface area contributed by atoms with E-state index in [1.807, 2.05) is 36.4 Å². The Kier molecular flexibility index (Phi) is 6.12. The quantitative estimate of drug-likeness (QED) is 0.509. The first-order valence-electron chi connectivity index (χ1n) is 10.5. The predicted octanol–water partition coefficient (Wildman–Crippen LogP) is 3.37. The highest BCUT2D eigenvalue weighted by atomic mass is 16.5. The lowest BCUT2D eigenvalue weighted by Crippen LogP contribution is -2.36. The zero-order valence-corrected chi connectivity index (χ0v) is 18.2. The van der Waals surface area contributed by atoms with Crippen LogP contribution in [0.25, 0.3) is 11.1 Å². The van der Waals surface area contributed by atoms with E-state index < -0.39 is 24.0 Å². The zero-order chi connectivity index (χ0) is 23.5. The second-order valence-corrected chi connectivity index (χ2v) is 7.99. The van der Waals surface area contributed by atoms with Crippen LogP contribution in [0.5, 0.6) is 0 Å². The lowest BCUT2D eigenvalue weighted by Gasteiger charge is -2.17. The molecule has 0 unspecified atom stereocenters. The van der Waals surface area contributed by atoms with Crippen molar-refractivity contribution in [3.8, 4) is 11.1 Å². The molecule has 2 amide bonds. The highest BCUT2D eigenvalue weighted by molar-refractivity contribution is 5.99. The largest absolute Gasteiger partial charge is 0.476 e. The monoisotopic (exact) mass is 448 g/mol. The molecule has 0 radical (unpaired) electrons. The van der Waals surface area contributed by atoms with Gasteiger partial charge in [-0.15, -0.1) is 0 Å². The van der Waals surface area contributed by atoms with E-state index in [9.17, 15) is 14.4 Å². The molecule has 0 saturated carbocycles. The Balaban J connectivity index is 1.31. The maximum Gasteiger partial charge on any atom is 0.407 e. The van der Waals surface area contributed by atoms with Crippen molar-refractivity contribution in [3.05, 3.63) is 71.5 Å². The summed E-state index contributed by atoms with van der Waals surface area (Å²) in [7, 11) is 1.56. The normalized spacial score (nSPS) is 13.0. The van der Waals surface area contributed by atoms with Crippen LogP contribution in [0.15, 0.2) is 54.7 Å². The van der Waals surface area contributed by atoms with Crippen LogP contribution in [0.3, 0.4) is 0 Å². The number of alkyl carbamates (subject to hydrolysis) is 1. The predicted molar refractivity (Wildman–Crippen MR) is 121 cm³/mol. The van der Waals surface area contributed by atoms with Crippen molar-refractivity contribution in [1.29, 1.82) is 0 Å². The van der Waals surface area contributed by atoms with Gasteiger partial charge in [0.05, 0.1) is 5.69 Å². The number of carboxylic acid groups (broad SMARTS) is 1. The highest BCUT2D eigenvalue weighted by Crippen LogP contribution is 2.44. The lowest BCUT2D eigenvalue weighted by molar-refractivity contribution is -0.116. The maximum atomic E-state index is 12.4. The second-order valence-electron chi connectivity index (χ2n) is 7.99. The average Bonchev–Trinajstić information content (AvgIpc) is 3.29. The Bertz CT molecular complexity index is 1170. The van der Waals surface area contributed by atoms with Gasteiger partial charge in [-0.25, -0.2) is 9.59 Å². The van der Waals surface area contributed by atoms with E-state index in [1.54, 1.807) is 14.0 Å². The van der Waals surface area contributed by atoms with Crippen molar-refractivity contribution in [2.75, 3.05) is 11.9 Å². The lowest BCUT2D eigenvalue weighted by atomic mass is 9.98. The molecule has 0 spiro atoms. The van der Waals surface area contributed by atoms with Gasteiger partial charge in [-0.05, 0) is 29.2 Å². The number of rotatable bonds is 7. The van der Waals surface area contributed by atoms with E-state index in [-0.39, 0.29) is 30.3 Å². The molecule has 1 heterocycles. The summed E-state index contributed by atoms with van der Waals surface area (Å²) < 4.78 is 6.79. The first-order valence-corrected chi connectivity index (χ1v) is 10.5. The van der Waals surface area contributed by atoms with Gasteiger partial charge in [0, 0.05) is 31.6 Å². The molecule has 9 nitrogen and oxygen atoms in total. The van der Waals surface area contributed by atoms with E-state index in [2.05, 4.69) is 27.9 Å². The molecule has 33 heavy (non-hydrogen) atoms. The molecule has 0 saturated heterocycles. The topological polar surface area (TPSA) is 123 Å². The average molecular weight is 448 g/mol. The number of carbonyl (C=O) groups is 3. The summed E-state index contributed by atoms with van der Waals surface area (Å²) in [6, 6.07) is 15.6. The van der Waals surface area contributed by atoms with E-state index in [1.165, 1.54) is 10.9 Å². The summed E-state index contributed by atoms with van der Waals surface area (Å²) in [6.07, 6.45) is 0.730. The Morgan fingerprint density at radius 1 is 1.09 bits per heavy atom. The molecule has 0 aliphatic heterocycles. The van der Waals surface area contributed by atoms with Crippen molar-refractivity contribution in [1.82, 2.24) is 15.1 Å². The van der Waals surface area contributed by atoms with Crippen molar-refractivity contribution in [2.24, 2.45) is 7.05 Å². The number of nitrogens with one attached hydrogen (secondary N) is 2. The minimum Gasteiger partial charge on any atom is -0.476 e. The molecule has 9 heteroatoms. The molecule has 170 valence electrons. The van der Waals surface area contributed by atoms with Crippen LogP contribution >= 0.6 is 0 Å². The number of carboxylic acids is 1.